The molecule has 3 rings (SSSR count). The van der Waals surface area contributed by atoms with Gasteiger partial charge in [0.1, 0.15) is 0 Å². The van der Waals surface area contributed by atoms with Gasteiger partial charge in [0.2, 0.25) is 0 Å². The van der Waals surface area contributed by atoms with Gasteiger partial charge in [-0.15, -0.1) is 0 Å². The number of hydrogen-bond donors (Lipinski definition) is 3. The zero-order chi connectivity index (χ0) is 22.4. The van der Waals surface area contributed by atoms with Crippen LogP contribution in [0.3, 0.4) is 0 Å². The average Bonchev–Trinajstić information content (AvgIpc) is 2.76. The van der Waals surface area contributed by atoms with Crippen LogP contribution in [0.25, 0.3) is 0 Å². The van der Waals surface area contributed by atoms with E-state index in [-0.39, 0.29) is 17.4 Å². The van der Waals surface area contributed by atoms with Crippen molar-refractivity contribution in [2.75, 3.05) is 12.4 Å². The van der Waals surface area contributed by atoms with Crippen LogP contribution in [0, 0.1) is 6.92 Å². The van der Waals surface area contributed by atoms with E-state index in [1.54, 1.807) is 42.5 Å². The topological polar surface area (TPSA) is 100 Å². The van der Waals surface area contributed by atoms with Crippen molar-refractivity contribution in [3.8, 4) is 11.5 Å². The lowest BCUT2D eigenvalue weighted by atomic mass is 10.1. The van der Waals surface area contributed by atoms with Crippen LogP contribution in [0.2, 0.25) is 0 Å². The van der Waals surface area contributed by atoms with E-state index in [0.717, 1.165) is 5.56 Å². The van der Waals surface area contributed by atoms with Crippen molar-refractivity contribution in [2.45, 2.75) is 6.92 Å². The summed E-state index contributed by atoms with van der Waals surface area (Å²) in [4.78, 5) is 24.7. The van der Waals surface area contributed by atoms with Gasteiger partial charge in [-0.3, -0.25) is 9.59 Å². The molecule has 3 aromatic carbocycles. The zero-order valence-electron chi connectivity index (χ0n) is 16.8. The van der Waals surface area contributed by atoms with Gasteiger partial charge in [0.25, 0.3) is 11.8 Å². The number of halogens is 1. The van der Waals surface area contributed by atoms with Gasteiger partial charge in [-0.2, -0.15) is 5.10 Å². The Bertz CT molecular complexity index is 1140. The number of ether oxygens (including phenoxy) is 1. The number of phenolic OH excluding ortho intramolecular Hbond substituents is 1. The van der Waals surface area contributed by atoms with Gasteiger partial charge in [0, 0.05) is 16.8 Å². The molecule has 0 saturated carbocycles. The standard InChI is InChI=1S/C23H20BrN3O4/c1-14-5-3-4-6-18(14)23(30)26-17-9-7-16(8-10-17)22(29)27-25-13-15-11-19(24)21(28)20(12-15)31-2/h3-13,28H,1-2H3,(H,26,30)(H,27,29)/b25-13+. The molecule has 0 atom stereocenters. The van der Waals surface area contributed by atoms with Gasteiger partial charge >= 0.3 is 0 Å². The number of aromatic hydroxyl groups is 1. The second-order valence-corrected chi connectivity index (χ2v) is 7.45. The van der Waals surface area contributed by atoms with Crippen molar-refractivity contribution in [2.24, 2.45) is 5.10 Å². The lowest BCUT2D eigenvalue weighted by Gasteiger charge is -2.08. The Kier molecular flexibility index (Phi) is 7.04. The predicted molar refractivity (Wildman–Crippen MR) is 123 cm³/mol. The highest BCUT2D eigenvalue weighted by molar-refractivity contribution is 9.10. The third-order valence-electron chi connectivity index (χ3n) is 4.45. The Morgan fingerprint density at radius 3 is 2.45 bits per heavy atom. The molecule has 31 heavy (non-hydrogen) atoms. The SMILES string of the molecule is COc1cc(/C=N/NC(=O)c2ccc(NC(=O)c3ccccc3C)cc2)cc(Br)c1O. The summed E-state index contributed by atoms with van der Waals surface area (Å²) >= 11 is 3.23. The summed E-state index contributed by atoms with van der Waals surface area (Å²) in [7, 11) is 1.44. The van der Waals surface area contributed by atoms with Crippen LogP contribution >= 0.6 is 15.9 Å². The summed E-state index contributed by atoms with van der Waals surface area (Å²) in [5.74, 6) is -0.350. The van der Waals surface area contributed by atoms with Gasteiger partial charge in [0.05, 0.1) is 17.8 Å². The number of phenols is 1. The van der Waals surface area contributed by atoms with Gasteiger partial charge in [-0.25, -0.2) is 5.43 Å². The average molecular weight is 482 g/mol. The molecule has 0 heterocycles. The Hall–Kier alpha value is -3.65. The summed E-state index contributed by atoms with van der Waals surface area (Å²) in [6.45, 7) is 1.87. The third-order valence-corrected chi connectivity index (χ3v) is 5.05. The number of benzene rings is 3. The van der Waals surface area contributed by atoms with Crippen molar-refractivity contribution in [1.29, 1.82) is 0 Å². The van der Waals surface area contributed by atoms with Crippen molar-refractivity contribution < 1.29 is 19.4 Å². The molecule has 3 N–H and O–H groups in total. The quantitative estimate of drug-likeness (QED) is 0.356. The van der Waals surface area contributed by atoms with Crippen LogP contribution in [0.15, 0.2) is 70.2 Å². The highest BCUT2D eigenvalue weighted by Crippen LogP contribution is 2.34. The molecule has 3 aromatic rings. The molecule has 0 radical (unpaired) electrons. The first-order chi connectivity index (χ1) is 14.9. The van der Waals surface area contributed by atoms with Gasteiger partial charge in [-0.1, -0.05) is 18.2 Å². The third kappa shape index (κ3) is 5.49. The van der Waals surface area contributed by atoms with Crippen LogP contribution in [0.5, 0.6) is 11.5 Å². The molecule has 0 aliphatic carbocycles. The first kappa shape index (κ1) is 22.0. The van der Waals surface area contributed by atoms with Crippen molar-refractivity contribution in [3.05, 3.63) is 87.4 Å². The van der Waals surface area contributed by atoms with Crippen LogP contribution in [0.1, 0.15) is 31.8 Å². The number of hydrogen-bond acceptors (Lipinski definition) is 5. The molecular formula is C23H20BrN3O4. The van der Waals surface area contributed by atoms with E-state index in [1.807, 2.05) is 25.1 Å². The summed E-state index contributed by atoms with van der Waals surface area (Å²) < 4.78 is 5.52. The lowest BCUT2D eigenvalue weighted by molar-refractivity contribution is 0.0954. The molecule has 158 valence electrons. The Balaban J connectivity index is 1.62. The molecule has 0 bridgehead atoms. The normalized spacial score (nSPS) is 10.7. The minimum atomic E-state index is -0.405. The minimum Gasteiger partial charge on any atom is -0.503 e. The highest BCUT2D eigenvalue weighted by Gasteiger charge is 2.10. The zero-order valence-corrected chi connectivity index (χ0v) is 18.4. The minimum absolute atomic E-state index is 0.0155. The monoisotopic (exact) mass is 481 g/mol. The highest BCUT2D eigenvalue weighted by atomic mass is 79.9. The molecule has 0 fully saturated rings. The second-order valence-electron chi connectivity index (χ2n) is 6.60. The van der Waals surface area contributed by atoms with Crippen LogP contribution in [-0.4, -0.2) is 30.2 Å². The van der Waals surface area contributed by atoms with Crippen molar-refractivity contribution >= 4 is 39.6 Å². The molecule has 0 aliphatic rings. The molecule has 7 nitrogen and oxygen atoms in total. The Morgan fingerprint density at radius 1 is 1.06 bits per heavy atom. The van der Waals surface area contributed by atoms with E-state index in [0.29, 0.717) is 26.9 Å². The molecule has 8 heteroatoms. The first-order valence-electron chi connectivity index (χ1n) is 9.26. The largest absolute Gasteiger partial charge is 0.503 e. The fraction of sp³-hybridized carbons (Fsp3) is 0.0870. The number of nitrogens with zero attached hydrogens (tertiary/aromatic N) is 1. The van der Waals surface area contributed by atoms with E-state index in [2.05, 4.69) is 31.8 Å². The smallest absolute Gasteiger partial charge is 0.271 e. The molecular weight excluding hydrogens is 462 g/mol. The van der Waals surface area contributed by atoms with E-state index < -0.39 is 5.91 Å². The van der Waals surface area contributed by atoms with E-state index >= 15 is 0 Å². The number of nitrogens with one attached hydrogen (secondary N) is 2. The number of carbonyl (C=O) groups is 2. The van der Waals surface area contributed by atoms with Crippen LogP contribution < -0.4 is 15.5 Å². The molecule has 2 amide bonds. The lowest BCUT2D eigenvalue weighted by Crippen LogP contribution is -2.18. The fourth-order valence-electron chi connectivity index (χ4n) is 2.78. The number of hydrazone groups is 1. The molecule has 0 aromatic heterocycles. The summed E-state index contributed by atoms with van der Waals surface area (Å²) in [6, 6.07) is 17.0. The number of amides is 2. The summed E-state index contributed by atoms with van der Waals surface area (Å²) in [5, 5.41) is 16.6. The van der Waals surface area contributed by atoms with Crippen molar-refractivity contribution in [3.63, 3.8) is 0 Å². The number of aryl methyl sites for hydroxylation is 1. The summed E-state index contributed by atoms with van der Waals surface area (Å²) in [5.41, 5.74) is 5.50. The number of carbonyl (C=O) groups excluding carboxylic acids is 2. The maximum absolute atomic E-state index is 12.4. The fourth-order valence-corrected chi connectivity index (χ4v) is 3.24. The van der Waals surface area contributed by atoms with E-state index in [9.17, 15) is 14.7 Å². The van der Waals surface area contributed by atoms with E-state index in [4.69, 9.17) is 4.74 Å². The molecule has 0 spiro atoms. The van der Waals surface area contributed by atoms with Crippen molar-refractivity contribution in [1.82, 2.24) is 5.43 Å². The second kappa shape index (κ2) is 9.90. The maximum Gasteiger partial charge on any atom is 0.271 e. The van der Waals surface area contributed by atoms with Gasteiger partial charge in [-0.05, 0) is 76.4 Å². The van der Waals surface area contributed by atoms with Gasteiger partial charge in [0.15, 0.2) is 11.5 Å². The maximum atomic E-state index is 12.4. The molecule has 0 saturated heterocycles. The molecule has 0 unspecified atom stereocenters. The van der Waals surface area contributed by atoms with Crippen LogP contribution in [-0.2, 0) is 0 Å². The number of rotatable bonds is 6. The first-order valence-corrected chi connectivity index (χ1v) is 10.1. The Morgan fingerprint density at radius 2 is 1.77 bits per heavy atom. The van der Waals surface area contributed by atoms with Gasteiger partial charge < -0.3 is 15.2 Å². The van der Waals surface area contributed by atoms with E-state index in [1.165, 1.54) is 13.3 Å². The predicted octanol–water partition coefficient (Wildman–Crippen LogP) is 4.49. The molecule has 0 aliphatic heterocycles. The number of methoxy groups -OCH3 is 1. The van der Waals surface area contributed by atoms with Crippen LogP contribution in [0.4, 0.5) is 5.69 Å². The summed E-state index contributed by atoms with van der Waals surface area (Å²) in [6.07, 6.45) is 1.43. The number of anilines is 1. The Labute approximate surface area is 187 Å².